The summed E-state index contributed by atoms with van der Waals surface area (Å²) in [5.41, 5.74) is 20.7. The Morgan fingerprint density at radius 3 is 2.11 bits per heavy atom. The highest BCUT2D eigenvalue weighted by atomic mass is 32.1. The number of aromatic nitrogens is 2. The van der Waals surface area contributed by atoms with E-state index in [0.717, 1.165) is 46.5 Å². The number of furan rings is 1. The largest absolute Gasteiger partial charge is 0.456 e. The zero-order valence-corrected chi connectivity index (χ0v) is 22.4. The highest BCUT2D eigenvalue weighted by molar-refractivity contribution is 7.20. The molecule has 0 saturated carbocycles. The number of benzene rings is 2. The molecule has 2 aromatic carbocycles. The molecular formula is C30H34N4OS. The lowest BCUT2D eigenvalue weighted by Gasteiger charge is -2.17. The molecule has 6 rings (SSSR count). The Hall–Kier alpha value is -3.38. The van der Waals surface area contributed by atoms with Crippen molar-refractivity contribution in [2.75, 3.05) is 11.5 Å². The molecule has 0 fully saturated rings. The van der Waals surface area contributed by atoms with Gasteiger partial charge in [0.1, 0.15) is 11.3 Å². The molecule has 0 amide bonds. The van der Waals surface area contributed by atoms with Crippen LogP contribution in [-0.4, -0.2) is 9.13 Å². The maximum absolute atomic E-state index is 6.84. The molecule has 4 heterocycles. The van der Waals surface area contributed by atoms with Crippen LogP contribution >= 0.6 is 11.3 Å². The molecule has 0 aliphatic heterocycles. The first-order valence-corrected chi connectivity index (χ1v) is 13.7. The minimum Gasteiger partial charge on any atom is -0.456 e. The lowest BCUT2D eigenvalue weighted by Crippen LogP contribution is -2.08. The van der Waals surface area contributed by atoms with Gasteiger partial charge in [-0.05, 0) is 51.8 Å². The fourth-order valence-electron chi connectivity index (χ4n) is 5.85. The Labute approximate surface area is 215 Å². The number of nitrogens with zero attached hydrogens (tertiary/aromatic N) is 2. The Morgan fingerprint density at radius 1 is 0.806 bits per heavy atom. The van der Waals surface area contributed by atoms with Gasteiger partial charge in [-0.25, -0.2) is 0 Å². The van der Waals surface area contributed by atoms with Crippen LogP contribution in [0.5, 0.6) is 0 Å². The van der Waals surface area contributed by atoms with E-state index < -0.39 is 0 Å². The van der Waals surface area contributed by atoms with Crippen molar-refractivity contribution in [3.63, 3.8) is 0 Å². The third-order valence-electron chi connectivity index (χ3n) is 7.51. The number of anilines is 2. The van der Waals surface area contributed by atoms with E-state index in [1.165, 1.54) is 31.5 Å². The molecule has 6 heteroatoms. The summed E-state index contributed by atoms with van der Waals surface area (Å²) in [6.07, 6.45) is 1.88. The molecule has 0 spiro atoms. The standard InChI is InChI=1S/C30H34N4OS/c1-16(2)28-25(32)26-29(35-28)19-10-6-8-12-21(19)34(26)18(5)14-15-23-24(31)27-30(36-23)20-11-7-9-13-22(20)33(27)17(3)4/h6-13,16-18H,14-15,31-32H2,1-5H3. The SMILES string of the molecule is CC(C)c1oc2c3ccccc3n(C(C)CCc3sc4c5ccccc5n(C(C)C)c4c3N)c2c1N. The molecule has 4 N–H and O–H groups in total. The minimum absolute atomic E-state index is 0.233. The number of hydrogen-bond donors (Lipinski definition) is 2. The van der Waals surface area contributed by atoms with Gasteiger partial charge in [0.15, 0.2) is 5.58 Å². The maximum atomic E-state index is 6.84. The number of nitrogens with two attached hydrogens (primary N) is 2. The van der Waals surface area contributed by atoms with Crippen LogP contribution in [0.1, 0.15) is 69.7 Å². The molecule has 1 unspecified atom stereocenters. The Kier molecular flexibility index (Phi) is 5.34. The molecule has 0 radical (unpaired) electrons. The van der Waals surface area contributed by atoms with Crippen molar-refractivity contribution in [3.8, 4) is 0 Å². The van der Waals surface area contributed by atoms with Crippen LogP contribution in [0.15, 0.2) is 52.9 Å². The van der Waals surface area contributed by atoms with Gasteiger partial charge in [-0.1, -0.05) is 44.2 Å². The van der Waals surface area contributed by atoms with Crippen molar-refractivity contribution in [1.82, 2.24) is 9.13 Å². The number of hydrogen-bond acceptors (Lipinski definition) is 4. The van der Waals surface area contributed by atoms with Crippen LogP contribution in [0, 0.1) is 0 Å². The fourth-order valence-corrected chi connectivity index (χ4v) is 7.11. The summed E-state index contributed by atoms with van der Waals surface area (Å²) in [5.74, 6) is 1.11. The van der Waals surface area contributed by atoms with Gasteiger partial charge in [0.05, 0.1) is 32.6 Å². The highest BCUT2D eigenvalue weighted by Gasteiger charge is 2.25. The summed E-state index contributed by atoms with van der Waals surface area (Å²) in [6.45, 7) is 11.0. The van der Waals surface area contributed by atoms with E-state index in [2.05, 4.69) is 92.3 Å². The number of aryl methyl sites for hydroxylation is 1. The van der Waals surface area contributed by atoms with E-state index in [-0.39, 0.29) is 12.0 Å². The fraction of sp³-hybridized carbons (Fsp3) is 0.333. The monoisotopic (exact) mass is 498 g/mol. The second-order valence-corrected chi connectivity index (χ2v) is 11.7. The second kappa shape index (κ2) is 8.34. The lowest BCUT2D eigenvalue weighted by molar-refractivity contribution is 0.525. The van der Waals surface area contributed by atoms with E-state index in [9.17, 15) is 0 Å². The Bertz CT molecular complexity index is 1740. The van der Waals surface area contributed by atoms with Gasteiger partial charge in [0.25, 0.3) is 0 Å². The molecule has 1 atom stereocenters. The second-order valence-electron chi connectivity index (χ2n) is 10.6. The molecule has 4 aromatic heterocycles. The summed E-state index contributed by atoms with van der Waals surface area (Å²) in [6, 6.07) is 17.7. The summed E-state index contributed by atoms with van der Waals surface area (Å²) in [4.78, 5) is 1.27. The molecule has 6 aromatic rings. The number of thiophene rings is 1. The lowest BCUT2D eigenvalue weighted by atomic mass is 10.1. The quantitative estimate of drug-likeness (QED) is 0.241. The van der Waals surface area contributed by atoms with E-state index in [1.54, 1.807) is 0 Å². The first kappa shape index (κ1) is 23.0. The summed E-state index contributed by atoms with van der Waals surface area (Å²) < 4.78 is 12.4. The Morgan fingerprint density at radius 2 is 1.44 bits per heavy atom. The topological polar surface area (TPSA) is 75.0 Å². The molecule has 0 aliphatic rings. The predicted molar refractivity (Wildman–Crippen MR) is 155 cm³/mol. The van der Waals surface area contributed by atoms with E-state index >= 15 is 0 Å². The average molecular weight is 499 g/mol. The van der Waals surface area contributed by atoms with E-state index in [0.29, 0.717) is 6.04 Å². The molecule has 0 saturated heterocycles. The third-order valence-corrected chi connectivity index (χ3v) is 8.80. The molecule has 186 valence electrons. The molecular weight excluding hydrogens is 464 g/mol. The molecule has 5 nitrogen and oxygen atoms in total. The third kappa shape index (κ3) is 3.20. The summed E-state index contributed by atoms with van der Waals surface area (Å²) >= 11 is 1.85. The smallest absolute Gasteiger partial charge is 0.162 e. The molecule has 36 heavy (non-hydrogen) atoms. The first-order chi connectivity index (χ1) is 17.3. The summed E-state index contributed by atoms with van der Waals surface area (Å²) in [5, 5.41) is 2.42. The normalized spacial score (nSPS) is 13.4. The highest BCUT2D eigenvalue weighted by Crippen LogP contribution is 2.44. The first-order valence-electron chi connectivity index (χ1n) is 12.9. The van der Waals surface area contributed by atoms with Gasteiger partial charge in [-0.15, -0.1) is 11.3 Å². The van der Waals surface area contributed by atoms with Gasteiger partial charge in [-0.2, -0.15) is 0 Å². The van der Waals surface area contributed by atoms with E-state index in [4.69, 9.17) is 15.9 Å². The van der Waals surface area contributed by atoms with Gasteiger partial charge in [-0.3, -0.25) is 0 Å². The van der Waals surface area contributed by atoms with Crippen molar-refractivity contribution >= 4 is 65.8 Å². The van der Waals surface area contributed by atoms with Crippen LogP contribution in [0.3, 0.4) is 0 Å². The minimum atomic E-state index is 0.233. The number of nitrogen functional groups attached to an aromatic ring is 2. The van der Waals surface area contributed by atoms with Gasteiger partial charge < -0.3 is 25.0 Å². The number of para-hydroxylation sites is 2. The van der Waals surface area contributed by atoms with Crippen LogP contribution in [0.25, 0.3) is 43.1 Å². The Balaban J connectivity index is 1.41. The van der Waals surface area contributed by atoms with Gasteiger partial charge in [0, 0.05) is 33.7 Å². The van der Waals surface area contributed by atoms with Gasteiger partial charge in [0.2, 0.25) is 0 Å². The van der Waals surface area contributed by atoms with Gasteiger partial charge >= 0.3 is 0 Å². The predicted octanol–water partition coefficient (Wildman–Crippen LogP) is 8.62. The van der Waals surface area contributed by atoms with Crippen LogP contribution < -0.4 is 11.5 Å². The number of fused-ring (bicyclic) bond motifs is 6. The average Bonchev–Trinajstić information content (AvgIpc) is 3.56. The van der Waals surface area contributed by atoms with Crippen LogP contribution in [-0.2, 0) is 6.42 Å². The van der Waals surface area contributed by atoms with Crippen molar-refractivity contribution in [2.45, 2.75) is 65.5 Å². The van der Waals surface area contributed by atoms with Crippen molar-refractivity contribution in [3.05, 3.63) is 59.2 Å². The molecule has 0 aliphatic carbocycles. The maximum Gasteiger partial charge on any atom is 0.162 e. The zero-order valence-electron chi connectivity index (χ0n) is 21.6. The van der Waals surface area contributed by atoms with Crippen molar-refractivity contribution in [1.29, 1.82) is 0 Å². The van der Waals surface area contributed by atoms with Crippen molar-refractivity contribution < 1.29 is 4.42 Å². The van der Waals surface area contributed by atoms with Crippen LogP contribution in [0.2, 0.25) is 0 Å². The van der Waals surface area contributed by atoms with E-state index in [1.807, 2.05) is 11.3 Å². The molecule has 0 bridgehead atoms. The zero-order chi connectivity index (χ0) is 25.3. The van der Waals surface area contributed by atoms with Crippen molar-refractivity contribution in [2.24, 2.45) is 0 Å². The number of rotatable bonds is 6. The summed E-state index contributed by atoms with van der Waals surface area (Å²) in [7, 11) is 0. The van der Waals surface area contributed by atoms with Crippen LogP contribution in [0.4, 0.5) is 11.4 Å².